The molecule has 3 rings (SSSR count). The number of nitro groups is 1. The van der Waals surface area contributed by atoms with Gasteiger partial charge in [0, 0.05) is 12.1 Å². The summed E-state index contributed by atoms with van der Waals surface area (Å²) in [6, 6.07) is 8.92. The van der Waals surface area contributed by atoms with E-state index < -0.39 is 22.9 Å². The molecule has 1 heterocycles. The van der Waals surface area contributed by atoms with Crippen molar-refractivity contribution < 1.29 is 33.5 Å². The van der Waals surface area contributed by atoms with E-state index in [0.717, 1.165) is 0 Å². The number of esters is 1. The smallest absolute Gasteiger partial charge is 0.331 e. The third kappa shape index (κ3) is 4.85. The zero-order valence-electron chi connectivity index (χ0n) is 16.1. The highest BCUT2D eigenvalue weighted by atomic mass is 16.7. The Morgan fingerprint density at radius 1 is 1.20 bits per heavy atom. The Morgan fingerprint density at radius 3 is 2.70 bits per heavy atom. The molecule has 1 amide bonds. The van der Waals surface area contributed by atoms with Crippen LogP contribution in [0.4, 0.5) is 11.4 Å². The van der Waals surface area contributed by atoms with Crippen molar-refractivity contribution in [2.24, 2.45) is 0 Å². The van der Waals surface area contributed by atoms with Crippen LogP contribution in [0.3, 0.4) is 0 Å². The molecule has 2 aromatic carbocycles. The molecule has 156 valence electrons. The zero-order chi connectivity index (χ0) is 21.7. The van der Waals surface area contributed by atoms with Crippen LogP contribution < -0.4 is 19.5 Å². The van der Waals surface area contributed by atoms with Crippen LogP contribution in [0, 0.1) is 10.1 Å². The first kappa shape index (κ1) is 20.6. The van der Waals surface area contributed by atoms with Gasteiger partial charge in [0.25, 0.3) is 11.6 Å². The number of benzene rings is 2. The number of nitrogens with zero attached hydrogens (tertiary/aromatic N) is 1. The molecule has 0 spiro atoms. The van der Waals surface area contributed by atoms with E-state index in [1.165, 1.54) is 44.4 Å². The van der Waals surface area contributed by atoms with Gasteiger partial charge in [0.15, 0.2) is 17.6 Å². The minimum atomic E-state index is -1.11. The second-order valence-corrected chi connectivity index (χ2v) is 6.16. The van der Waals surface area contributed by atoms with Crippen LogP contribution in [0.5, 0.6) is 17.2 Å². The third-order valence-electron chi connectivity index (χ3n) is 4.12. The quantitative estimate of drug-likeness (QED) is 0.317. The largest absolute Gasteiger partial charge is 0.494 e. The number of methoxy groups -OCH3 is 1. The van der Waals surface area contributed by atoms with E-state index in [-0.39, 0.29) is 23.9 Å². The number of nitro benzene ring substituents is 1. The molecule has 0 bridgehead atoms. The van der Waals surface area contributed by atoms with E-state index in [4.69, 9.17) is 18.9 Å². The van der Waals surface area contributed by atoms with Crippen LogP contribution in [-0.2, 0) is 14.3 Å². The maximum absolute atomic E-state index is 12.3. The Labute approximate surface area is 171 Å². The van der Waals surface area contributed by atoms with Crippen molar-refractivity contribution in [3.05, 3.63) is 58.2 Å². The summed E-state index contributed by atoms with van der Waals surface area (Å²) in [5.74, 6) is -0.0197. The number of hydrogen-bond donors (Lipinski definition) is 1. The Morgan fingerprint density at radius 2 is 1.97 bits per heavy atom. The van der Waals surface area contributed by atoms with Crippen molar-refractivity contribution in [3.63, 3.8) is 0 Å². The zero-order valence-corrected chi connectivity index (χ0v) is 16.1. The van der Waals surface area contributed by atoms with Crippen LogP contribution in [0.2, 0.25) is 0 Å². The molecule has 0 aromatic heterocycles. The van der Waals surface area contributed by atoms with Crippen LogP contribution >= 0.6 is 0 Å². The molecule has 1 atom stereocenters. The number of ether oxygens (including phenoxy) is 4. The molecule has 2 aromatic rings. The molecule has 10 heteroatoms. The molecule has 0 aliphatic carbocycles. The number of anilines is 1. The summed E-state index contributed by atoms with van der Waals surface area (Å²) in [7, 11) is 1.32. The molecule has 1 aliphatic heterocycles. The third-order valence-corrected chi connectivity index (χ3v) is 4.12. The van der Waals surface area contributed by atoms with Crippen LogP contribution in [-0.4, -0.2) is 36.8 Å². The summed E-state index contributed by atoms with van der Waals surface area (Å²) in [5.41, 5.74) is 0.730. The first-order valence-electron chi connectivity index (χ1n) is 8.79. The molecule has 0 fully saturated rings. The number of hydrogen-bond acceptors (Lipinski definition) is 8. The SMILES string of the molecule is COc1cc([N+](=O)[O-])ccc1NC(=O)[C@@H](C)OC(=O)/C=C/c1ccc2c(c1)OCO2. The topological polar surface area (TPSA) is 126 Å². The maximum Gasteiger partial charge on any atom is 0.331 e. The van der Waals surface area contributed by atoms with Gasteiger partial charge in [-0.15, -0.1) is 0 Å². The van der Waals surface area contributed by atoms with Gasteiger partial charge in [-0.2, -0.15) is 0 Å². The number of amides is 1. The molecule has 1 aliphatic rings. The van der Waals surface area contributed by atoms with Crippen LogP contribution in [0.15, 0.2) is 42.5 Å². The number of nitrogens with one attached hydrogen (secondary N) is 1. The van der Waals surface area contributed by atoms with Gasteiger partial charge in [0.05, 0.1) is 23.8 Å². The lowest BCUT2D eigenvalue weighted by atomic mass is 10.2. The Kier molecular flexibility index (Phi) is 6.16. The van der Waals surface area contributed by atoms with Crippen molar-refractivity contribution in [3.8, 4) is 17.2 Å². The summed E-state index contributed by atoms with van der Waals surface area (Å²) in [4.78, 5) is 34.6. The lowest BCUT2D eigenvalue weighted by molar-refractivity contribution is -0.384. The minimum Gasteiger partial charge on any atom is -0.494 e. The van der Waals surface area contributed by atoms with Gasteiger partial charge in [-0.05, 0) is 36.8 Å². The highest BCUT2D eigenvalue weighted by Gasteiger charge is 2.20. The molecular weight excluding hydrogens is 396 g/mol. The molecule has 0 saturated carbocycles. The van der Waals surface area contributed by atoms with Crippen LogP contribution in [0.1, 0.15) is 12.5 Å². The second-order valence-electron chi connectivity index (χ2n) is 6.16. The summed E-state index contributed by atoms with van der Waals surface area (Å²) < 4.78 is 20.6. The van der Waals surface area contributed by atoms with Crippen LogP contribution in [0.25, 0.3) is 6.08 Å². The average Bonchev–Trinajstić information content (AvgIpc) is 3.20. The minimum absolute atomic E-state index is 0.110. The van der Waals surface area contributed by atoms with E-state index in [1.807, 2.05) is 0 Å². The molecule has 0 unspecified atom stereocenters. The van der Waals surface area contributed by atoms with Crippen molar-refractivity contribution in [2.45, 2.75) is 13.0 Å². The lowest BCUT2D eigenvalue weighted by Crippen LogP contribution is -2.29. The highest BCUT2D eigenvalue weighted by Crippen LogP contribution is 2.33. The fourth-order valence-corrected chi connectivity index (χ4v) is 2.58. The van der Waals surface area contributed by atoms with Gasteiger partial charge in [-0.1, -0.05) is 6.07 Å². The second kappa shape index (κ2) is 8.95. The number of fused-ring (bicyclic) bond motifs is 1. The predicted molar refractivity (Wildman–Crippen MR) is 105 cm³/mol. The summed E-state index contributed by atoms with van der Waals surface area (Å²) >= 11 is 0. The molecular formula is C20H18N2O8. The normalized spacial score (nSPS) is 13.0. The van der Waals surface area contributed by atoms with E-state index in [2.05, 4.69) is 5.32 Å². The van der Waals surface area contributed by atoms with Crippen molar-refractivity contribution in [1.82, 2.24) is 0 Å². The maximum atomic E-state index is 12.3. The molecule has 0 saturated heterocycles. The van der Waals surface area contributed by atoms with Crippen molar-refractivity contribution in [1.29, 1.82) is 0 Å². The number of rotatable bonds is 7. The van der Waals surface area contributed by atoms with Gasteiger partial charge < -0.3 is 24.3 Å². The molecule has 30 heavy (non-hydrogen) atoms. The lowest BCUT2D eigenvalue weighted by Gasteiger charge is -2.14. The molecule has 1 N–H and O–H groups in total. The molecule has 10 nitrogen and oxygen atoms in total. The fourth-order valence-electron chi connectivity index (χ4n) is 2.58. The number of carbonyl (C=O) groups excluding carboxylic acids is 2. The predicted octanol–water partition coefficient (Wildman–Crippen LogP) is 2.92. The van der Waals surface area contributed by atoms with E-state index in [0.29, 0.717) is 17.1 Å². The summed E-state index contributed by atoms with van der Waals surface area (Å²) in [6.45, 7) is 1.55. The van der Waals surface area contributed by atoms with Crippen molar-refractivity contribution >= 4 is 29.3 Å². The van der Waals surface area contributed by atoms with Gasteiger partial charge in [-0.25, -0.2) is 4.79 Å². The molecule has 0 radical (unpaired) electrons. The van der Waals surface area contributed by atoms with Crippen molar-refractivity contribution in [2.75, 3.05) is 19.2 Å². The van der Waals surface area contributed by atoms with E-state index in [1.54, 1.807) is 18.2 Å². The Bertz CT molecular complexity index is 1020. The van der Waals surface area contributed by atoms with Gasteiger partial charge in [-0.3, -0.25) is 14.9 Å². The number of non-ortho nitro benzene ring substituents is 1. The summed E-state index contributed by atoms with van der Waals surface area (Å²) in [5, 5.41) is 13.4. The Hall–Kier alpha value is -4.08. The van der Waals surface area contributed by atoms with Gasteiger partial charge in [0.2, 0.25) is 6.79 Å². The van der Waals surface area contributed by atoms with Gasteiger partial charge >= 0.3 is 5.97 Å². The average molecular weight is 414 g/mol. The first-order chi connectivity index (χ1) is 14.4. The highest BCUT2D eigenvalue weighted by molar-refractivity contribution is 5.97. The Balaban J connectivity index is 1.58. The number of carbonyl (C=O) groups is 2. The first-order valence-corrected chi connectivity index (χ1v) is 8.79. The monoisotopic (exact) mass is 414 g/mol. The van der Waals surface area contributed by atoms with Gasteiger partial charge in [0.1, 0.15) is 5.75 Å². The van der Waals surface area contributed by atoms with E-state index in [9.17, 15) is 19.7 Å². The van der Waals surface area contributed by atoms with E-state index >= 15 is 0 Å². The standard InChI is InChI=1S/C20H18N2O8/c1-12(20(24)21-15-6-5-14(22(25)26)10-17(15)27-2)30-19(23)8-4-13-3-7-16-18(9-13)29-11-28-16/h3-10,12H,11H2,1-2H3,(H,21,24)/b8-4+/t12-/m1/s1. The summed E-state index contributed by atoms with van der Waals surface area (Å²) in [6.07, 6.45) is 1.60. The fraction of sp³-hybridized carbons (Fsp3) is 0.200.